The summed E-state index contributed by atoms with van der Waals surface area (Å²) in [5.41, 5.74) is 2.98. The molecule has 0 saturated carbocycles. The highest BCUT2D eigenvalue weighted by Gasteiger charge is 2.14. The Morgan fingerprint density at radius 1 is 1.16 bits per heavy atom. The van der Waals surface area contributed by atoms with Gasteiger partial charge in [-0.25, -0.2) is 4.98 Å². The van der Waals surface area contributed by atoms with E-state index < -0.39 is 0 Å². The van der Waals surface area contributed by atoms with Crippen LogP contribution in [-0.4, -0.2) is 11.8 Å². The number of halogens is 1. The second-order valence-electron chi connectivity index (χ2n) is 5.33. The third kappa shape index (κ3) is 3.22. The van der Waals surface area contributed by atoms with E-state index >= 15 is 0 Å². The van der Waals surface area contributed by atoms with Gasteiger partial charge in [0.2, 0.25) is 6.79 Å². The molecule has 0 saturated heterocycles. The molecule has 0 bridgehead atoms. The molecule has 0 unspecified atom stereocenters. The number of benzene rings is 2. The first kappa shape index (κ1) is 15.7. The number of thiazole rings is 1. The molecule has 0 amide bonds. The summed E-state index contributed by atoms with van der Waals surface area (Å²) in [7, 11) is 0. The van der Waals surface area contributed by atoms with Crippen LogP contribution in [0.3, 0.4) is 0 Å². The van der Waals surface area contributed by atoms with Crippen molar-refractivity contribution in [2.75, 3.05) is 6.79 Å². The predicted molar refractivity (Wildman–Crippen MR) is 98.6 cm³/mol. The number of nitrogens with zero attached hydrogens (tertiary/aromatic N) is 2. The van der Waals surface area contributed by atoms with E-state index in [-0.39, 0.29) is 6.79 Å². The molecule has 25 heavy (non-hydrogen) atoms. The van der Waals surface area contributed by atoms with Crippen LogP contribution in [0.4, 0.5) is 0 Å². The van der Waals surface area contributed by atoms with E-state index in [9.17, 15) is 5.26 Å². The summed E-state index contributed by atoms with van der Waals surface area (Å²) in [4.78, 5) is 4.58. The fourth-order valence-corrected chi connectivity index (χ4v) is 3.41. The lowest BCUT2D eigenvalue weighted by atomic mass is 10.1. The van der Waals surface area contributed by atoms with Crippen LogP contribution in [0.1, 0.15) is 11.3 Å². The molecule has 2 heterocycles. The fourth-order valence-electron chi connectivity index (χ4n) is 2.46. The second kappa shape index (κ2) is 6.60. The maximum atomic E-state index is 9.52. The first-order valence-corrected chi connectivity index (χ1v) is 8.72. The number of allylic oxidation sites excluding steroid dienone is 1. The van der Waals surface area contributed by atoms with Gasteiger partial charge in [0.05, 0.1) is 11.3 Å². The Labute approximate surface area is 153 Å². The van der Waals surface area contributed by atoms with Gasteiger partial charge in [0.15, 0.2) is 11.5 Å². The van der Waals surface area contributed by atoms with Crippen molar-refractivity contribution >= 4 is 34.6 Å². The summed E-state index contributed by atoms with van der Waals surface area (Å²) in [5.74, 6) is 1.40. The number of hydrogen-bond acceptors (Lipinski definition) is 5. The smallest absolute Gasteiger partial charge is 0.231 e. The monoisotopic (exact) mass is 366 g/mol. The minimum absolute atomic E-state index is 0.226. The van der Waals surface area contributed by atoms with Crippen molar-refractivity contribution in [2.45, 2.75) is 0 Å². The fraction of sp³-hybridized carbons (Fsp3) is 0.0526. The average Bonchev–Trinajstić information content (AvgIpc) is 3.29. The topological polar surface area (TPSA) is 55.1 Å². The van der Waals surface area contributed by atoms with Gasteiger partial charge in [0.1, 0.15) is 11.1 Å². The molecule has 0 atom stereocenters. The van der Waals surface area contributed by atoms with Crippen LogP contribution in [0.2, 0.25) is 5.02 Å². The lowest BCUT2D eigenvalue weighted by Gasteiger charge is -1.99. The van der Waals surface area contributed by atoms with Crippen molar-refractivity contribution < 1.29 is 9.47 Å². The van der Waals surface area contributed by atoms with E-state index in [4.69, 9.17) is 21.1 Å². The molecule has 1 aliphatic rings. The van der Waals surface area contributed by atoms with Gasteiger partial charge in [-0.2, -0.15) is 5.26 Å². The Morgan fingerprint density at radius 2 is 1.96 bits per heavy atom. The van der Waals surface area contributed by atoms with E-state index in [1.165, 1.54) is 11.3 Å². The van der Waals surface area contributed by atoms with Gasteiger partial charge >= 0.3 is 0 Å². The van der Waals surface area contributed by atoms with Crippen LogP contribution in [0, 0.1) is 11.3 Å². The number of ether oxygens (including phenoxy) is 2. The third-order valence-corrected chi connectivity index (χ3v) is 4.84. The zero-order valence-corrected chi connectivity index (χ0v) is 14.5. The molecular formula is C19H11ClN2O2S. The van der Waals surface area contributed by atoms with Crippen molar-refractivity contribution in [3.8, 4) is 28.1 Å². The van der Waals surface area contributed by atoms with Crippen LogP contribution >= 0.6 is 22.9 Å². The number of nitriles is 1. The van der Waals surface area contributed by atoms with Crippen molar-refractivity contribution in [2.24, 2.45) is 0 Å². The molecule has 1 aromatic heterocycles. The highest BCUT2D eigenvalue weighted by atomic mass is 35.5. The van der Waals surface area contributed by atoms with E-state index in [0.29, 0.717) is 27.8 Å². The number of aromatic nitrogens is 1. The van der Waals surface area contributed by atoms with Crippen molar-refractivity contribution in [1.29, 1.82) is 5.26 Å². The summed E-state index contributed by atoms with van der Waals surface area (Å²) in [6.07, 6.45) is 1.79. The summed E-state index contributed by atoms with van der Waals surface area (Å²) >= 11 is 7.41. The zero-order chi connectivity index (χ0) is 17.2. The van der Waals surface area contributed by atoms with Crippen LogP contribution in [-0.2, 0) is 0 Å². The molecule has 0 aliphatic carbocycles. The highest BCUT2D eigenvalue weighted by molar-refractivity contribution is 7.13. The summed E-state index contributed by atoms with van der Waals surface area (Å²) < 4.78 is 10.7. The molecule has 0 radical (unpaired) electrons. The molecular weight excluding hydrogens is 356 g/mol. The minimum Gasteiger partial charge on any atom is -0.454 e. The Bertz CT molecular complexity index is 1000. The first-order valence-electron chi connectivity index (χ1n) is 7.46. The van der Waals surface area contributed by atoms with Crippen molar-refractivity contribution in [1.82, 2.24) is 4.98 Å². The van der Waals surface area contributed by atoms with Gasteiger partial charge in [-0.3, -0.25) is 0 Å². The van der Waals surface area contributed by atoms with Gasteiger partial charge in [-0.15, -0.1) is 11.3 Å². The minimum atomic E-state index is 0.226. The summed E-state index contributed by atoms with van der Waals surface area (Å²) in [6, 6.07) is 15.3. The average molecular weight is 367 g/mol. The number of rotatable bonds is 3. The van der Waals surface area contributed by atoms with Crippen molar-refractivity contribution in [3.05, 3.63) is 64.1 Å². The SMILES string of the molecule is N#C/C(=C/c1ccc2c(c1)OCO2)c1csc(-c2ccc(Cl)cc2)n1. The van der Waals surface area contributed by atoms with E-state index in [1.807, 2.05) is 47.8 Å². The van der Waals surface area contributed by atoms with Crippen LogP contribution in [0.15, 0.2) is 47.8 Å². The molecule has 122 valence electrons. The lowest BCUT2D eigenvalue weighted by Crippen LogP contribution is -1.92. The van der Waals surface area contributed by atoms with Crippen LogP contribution < -0.4 is 9.47 Å². The Kier molecular flexibility index (Phi) is 4.14. The van der Waals surface area contributed by atoms with E-state index in [0.717, 1.165) is 16.1 Å². The largest absolute Gasteiger partial charge is 0.454 e. The van der Waals surface area contributed by atoms with Gasteiger partial charge in [0.25, 0.3) is 0 Å². The van der Waals surface area contributed by atoms with Gasteiger partial charge < -0.3 is 9.47 Å². The van der Waals surface area contributed by atoms with Gasteiger partial charge in [-0.1, -0.05) is 29.8 Å². The Morgan fingerprint density at radius 3 is 2.76 bits per heavy atom. The van der Waals surface area contributed by atoms with E-state index in [1.54, 1.807) is 6.08 Å². The molecule has 0 fully saturated rings. The standard InChI is InChI=1S/C19H11ClN2O2S/c20-15-4-2-13(3-5-15)19-22-16(10-25-19)14(9-21)7-12-1-6-17-18(8-12)24-11-23-17/h1-8,10H,11H2/b14-7-. The number of hydrogen-bond donors (Lipinski definition) is 0. The Hall–Kier alpha value is -2.81. The van der Waals surface area contributed by atoms with Crippen molar-refractivity contribution in [3.63, 3.8) is 0 Å². The molecule has 1 aliphatic heterocycles. The summed E-state index contributed by atoms with van der Waals surface area (Å²) in [6.45, 7) is 0.226. The molecule has 6 heteroatoms. The van der Waals surface area contributed by atoms with Crippen LogP contribution in [0.5, 0.6) is 11.5 Å². The molecule has 0 spiro atoms. The molecule has 4 nitrogen and oxygen atoms in total. The highest BCUT2D eigenvalue weighted by Crippen LogP contribution is 2.34. The van der Waals surface area contributed by atoms with Gasteiger partial charge in [-0.05, 0) is 35.9 Å². The molecule has 0 N–H and O–H groups in total. The second-order valence-corrected chi connectivity index (χ2v) is 6.62. The molecule has 2 aromatic carbocycles. The predicted octanol–water partition coefficient (Wildman–Crippen LogP) is 5.26. The quantitative estimate of drug-likeness (QED) is 0.593. The third-order valence-electron chi connectivity index (χ3n) is 3.70. The summed E-state index contributed by atoms with van der Waals surface area (Å²) in [5, 5.41) is 12.9. The zero-order valence-electron chi connectivity index (χ0n) is 12.9. The van der Waals surface area contributed by atoms with Gasteiger partial charge in [0, 0.05) is 16.0 Å². The molecule has 3 aromatic rings. The maximum Gasteiger partial charge on any atom is 0.231 e. The lowest BCUT2D eigenvalue weighted by molar-refractivity contribution is 0.174. The molecule has 4 rings (SSSR count). The number of fused-ring (bicyclic) bond motifs is 1. The first-order chi connectivity index (χ1) is 12.2. The normalized spacial score (nSPS) is 12.9. The Balaban J connectivity index is 1.65. The maximum absolute atomic E-state index is 9.52. The van der Waals surface area contributed by atoms with Crippen LogP contribution in [0.25, 0.3) is 22.2 Å². The van der Waals surface area contributed by atoms with E-state index in [2.05, 4.69) is 11.1 Å².